The third-order valence-electron chi connectivity index (χ3n) is 4.44. The summed E-state index contributed by atoms with van der Waals surface area (Å²) >= 11 is 0. The molecule has 1 N–H and O–H groups in total. The number of ether oxygens (including phenoxy) is 3. The van der Waals surface area contributed by atoms with Crippen LogP contribution < -0.4 is 19.5 Å². The van der Waals surface area contributed by atoms with Crippen molar-refractivity contribution in [3.05, 3.63) is 36.0 Å². The highest BCUT2D eigenvalue weighted by molar-refractivity contribution is 5.92. The number of fused-ring (bicyclic) bond motifs is 1. The van der Waals surface area contributed by atoms with E-state index in [1.165, 1.54) is 6.26 Å². The number of rotatable bonds is 4. The number of nitrogens with zero attached hydrogens (tertiary/aromatic N) is 2. The van der Waals surface area contributed by atoms with Gasteiger partial charge in [0.25, 0.3) is 5.91 Å². The summed E-state index contributed by atoms with van der Waals surface area (Å²) in [7, 11) is 0. The van der Waals surface area contributed by atoms with Crippen LogP contribution in [0.25, 0.3) is 0 Å². The highest BCUT2D eigenvalue weighted by atomic mass is 16.7. The van der Waals surface area contributed by atoms with E-state index in [4.69, 9.17) is 18.6 Å². The molecule has 27 heavy (non-hydrogen) atoms. The lowest BCUT2D eigenvalue weighted by Gasteiger charge is -2.25. The minimum absolute atomic E-state index is 0.0601. The average Bonchev–Trinajstić information content (AvgIpc) is 3.30. The van der Waals surface area contributed by atoms with E-state index in [-0.39, 0.29) is 49.3 Å². The van der Waals surface area contributed by atoms with Gasteiger partial charge in [0.2, 0.25) is 18.6 Å². The molecule has 2 amide bonds. The van der Waals surface area contributed by atoms with Gasteiger partial charge in [-0.15, -0.1) is 0 Å². The molecular weight excluding hydrogens is 354 g/mol. The van der Waals surface area contributed by atoms with Crippen molar-refractivity contribution in [2.75, 3.05) is 19.9 Å². The molecule has 142 valence electrons. The number of nitrogens with one attached hydrogen (secondary N) is 1. The fourth-order valence-electron chi connectivity index (χ4n) is 2.94. The van der Waals surface area contributed by atoms with E-state index in [0.717, 1.165) is 0 Å². The first-order valence-electron chi connectivity index (χ1n) is 8.64. The van der Waals surface area contributed by atoms with Gasteiger partial charge in [-0.05, 0) is 19.1 Å². The van der Waals surface area contributed by atoms with Crippen LogP contribution in [0.5, 0.6) is 17.2 Å². The monoisotopic (exact) mass is 373 g/mol. The van der Waals surface area contributed by atoms with Gasteiger partial charge in [-0.2, -0.15) is 0 Å². The first-order valence-corrected chi connectivity index (χ1v) is 8.64. The fraction of sp³-hybridized carbons (Fsp3) is 0.389. The number of aromatic nitrogens is 1. The van der Waals surface area contributed by atoms with Crippen LogP contribution in [-0.4, -0.2) is 47.6 Å². The van der Waals surface area contributed by atoms with Gasteiger partial charge in [-0.3, -0.25) is 9.59 Å². The van der Waals surface area contributed by atoms with E-state index >= 15 is 0 Å². The van der Waals surface area contributed by atoms with Crippen LogP contribution in [0.3, 0.4) is 0 Å². The Morgan fingerprint density at radius 1 is 1.37 bits per heavy atom. The topological polar surface area (TPSA) is 103 Å². The highest BCUT2D eigenvalue weighted by Gasteiger charge is 2.27. The molecule has 0 spiro atoms. The molecule has 1 fully saturated rings. The second-order valence-corrected chi connectivity index (χ2v) is 6.33. The largest absolute Gasteiger partial charge is 0.484 e. The number of benzene rings is 1. The lowest BCUT2D eigenvalue weighted by atomic mass is 10.2. The summed E-state index contributed by atoms with van der Waals surface area (Å²) in [6.07, 6.45) is 1.58. The van der Waals surface area contributed by atoms with Crippen molar-refractivity contribution in [2.45, 2.75) is 26.0 Å². The Bertz CT molecular complexity index is 865. The third kappa shape index (κ3) is 3.67. The van der Waals surface area contributed by atoms with Crippen LogP contribution in [0, 0.1) is 0 Å². The van der Waals surface area contributed by atoms with Gasteiger partial charge in [0.05, 0.1) is 0 Å². The van der Waals surface area contributed by atoms with Crippen molar-refractivity contribution >= 4 is 11.8 Å². The maximum Gasteiger partial charge on any atom is 0.276 e. The van der Waals surface area contributed by atoms with Crippen LogP contribution in [0.4, 0.5) is 0 Å². The second kappa shape index (κ2) is 7.18. The molecule has 2 aliphatic rings. The number of amides is 2. The molecule has 1 atom stereocenters. The maximum atomic E-state index is 12.7. The van der Waals surface area contributed by atoms with Crippen LogP contribution >= 0.6 is 0 Å². The molecule has 0 aliphatic carbocycles. The lowest BCUT2D eigenvalue weighted by molar-refractivity contribution is -0.120. The van der Waals surface area contributed by atoms with Crippen LogP contribution in [-0.2, 0) is 11.4 Å². The molecule has 2 aromatic rings. The Kier molecular flexibility index (Phi) is 4.57. The summed E-state index contributed by atoms with van der Waals surface area (Å²) in [5.41, 5.74) is 0.195. The van der Waals surface area contributed by atoms with Crippen molar-refractivity contribution < 1.29 is 28.2 Å². The summed E-state index contributed by atoms with van der Waals surface area (Å²) in [6, 6.07) is 5.12. The smallest absolute Gasteiger partial charge is 0.276 e. The minimum Gasteiger partial charge on any atom is -0.484 e. The molecule has 3 heterocycles. The van der Waals surface area contributed by atoms with Crippen molar-refractivity contribution in [1.29, 1.82) is 0 Å². The molecule has 0 bridgehead atoms. The SMILES string of the molecule is CC1CNC(=O)CCN1C(=O)c1coc(COc2ccc3c(c2)OCO3)n1. The van der Waals surface area contributed by atoms with Gasteiger partial charge in [0.1, 0.15) is 12.0 Å². The Morgan fingerprint density at radius 2 is 2.22 bits per heavy atom. The van der Waals surface area contributed by atoms with E-state index in [1.807, 2.05) is 6.92 Å². The van der Waals surface area contributed by atoms with E-state index in [0.29, 0.717) is 30.3 Å². The number of carbonyl (C=O) groups is 2. The van der Waals surface area contributed by atoms with Gasteiger partial charge in [0.15, 0.2) is 23.8 Å². The van der Waals surface area contributed by atoms with Crippen LogP contribution in [0.15, 0.2) is 28.9 Å². The van der Waals surface area contributed by atoms with E-state index in [2.05, 4.69) is 10.3 Å². The summed E-state index contributed by atoms with van der Waals surface area (Å²) in [5, 5.41) is 2.78. The minimum atomic E-state index is -0.267. The first kappa shape index (κ1) is 17.2. The summed E-state index contributed by atoms with van der Waals surface area (Å²) < 4.78 is 21.5. The molecule has 1 saturated heterocycles. The maximum absolute atomic E-state index is 12.7. The molecule has 9 nitrogen and oxygen atoms in total. The predicted molar refractivity (Wildman–Crippen MR) is 91.5 cm³/mol. The van der Waals surface area contributed by atoms with Crippen molar-refractivity contribution in [3.63, 3.8) is 0 Å². The predicted octanol–water partition coefficient (Wildman–Crippen LogP) is 1.33. The zero-order valence-electron chi connectivity index (χ0n) is 14.8. The Hall–Kier alpha value is -3.23. The summed E-state index contributed by atoms with van der Waals surface area (Å²) in [5.74, 6) is 1.83. The number of hydrogen-bond donors (Lipinski definition) is 1. The molecule has 2 aliphatic heterocycles. The average molecular weight is 373 g/mol. The quantitative estimate of drug-likeness (QED) is 0.862. The van der Waals surface area contributed by atoms with Crippen LogP contribution in [0.1, 0.15) is 29.7 Å². The normalized spacial score (nSPS) is 18.8. The number of hydrogen-bond acceptors (Lipinski definition) is 7. The molecule has 1 unspecified atom stereocenters. The molecule has 9 heteroatoms. The number of oxazole rings is 1. The Morgan fingerprint density at radius 3 is 3.11 bits per heavy atom. The highest BCUT2D eigenvalue weighted by Crippen LogP contribution is 2.35. The van der Waals surface area contributed by atoms with Gasteiger partial charge in [-0.25, -0.2) is 4.98 Å². The van der Waals surface area contributed by atoms with E-state index in [9.17, 15) is 9.59 Å². The zero-order valence-corrected chi connectivity index (χ0v) is 14.8. The van der Waals surface area contributed by atoms with Gasteiger partial charge in [0, 0.05) is 31.6 Å². The van der Waals surface area contributed by atoms with Crippen molar-refractivity contribution in [3.8, 4) is 17.2 Å². The molecule has 4 rings (SSSR count). The van der Waals surface area contributed by atoms with Gasteiger partial charge < -0.3 is 28.8 Å². The standard InChI is InChI=1S/C18H19N3O6/c1-11-7-19-16(22)4-5-21(11)18(23)13-8-25-17(20-13)9-24-12-2-3-14-15(6-12)27-10-26-14/h2-3,6,8,11H,4-5,7,9-10H2,1H3,(H,19,22). The Balaban J connectivity index is 1.39. The fourth-order valence-corrected chi connectivity index (χ4v) is 2.94. The Labute approximate surface area is 155 Å². The van der Waals surface area contributed by atoms with Crippen molar-refractivity contribution in [2.24, 2.45) is 0 Å². The van der Waals surface area contributed by atoms with Gasteiger partial charge in [-0.1, -0.05) is 0 Å². The van der Waals surface area contributed by atoms with Crippen LogP contribution in [0.2, 0.25) is 0 Å². The third-order valence-corrected chi connectivity index (χ3v) is 4.44. The molecule has 1 aromatic heterocycles. The van der Waals surface area contributed by atoms with E-state index < -0.39 is 0 Å². The second-order valence-electron chi connectivity index (χ2n) is 6.33. The van der Waals surface area contributed by atoms with Gasteiger partial charge >= 0.3 is 0 Å². The molecule has 0 saturated carbocycles. The van der Waals surface area contributed by atoms with E-state index in [1.54, 1.807) is 23.1 Å². The summed E-state index contributed by atoms with van der Waals surface area (Å²) in [4.78, 5) is 30.0. The summed E-state index contributed by atoms with van der Waals surface area (Å²) in [6.45, 7) is 2.92. The first-order chi connectivity index (χ1) is 13.1. The zero-order chi connectivity index (χ0) is 18.8. The lowest BCUT2D eigenvalue weighted by Crippen LogP contribution is -2.42. The number of carbonyl (C=O) groups excluding carboxylic acids is 2. The molecular formula is C18H19N3O6. The molecule has 0 radical (unpaired) electrons. The van der Waals surface area contributed by atoms with Crippen molar-refractivity contribution in [1.82, 2.24) is 15.2 Å². The molecule has 1 aromatic carbocycles.